The van der Waals surface area contributed by atoms with Crippen LogP contribution >= 0.6 is 0 Å². The number of hydrogen-bond acceptors (Lipinski definition) is 2. The van der Waals surface area contributed by atoms with Crippen LogP contribution in [-0.2, 0) is 0 Å². The first-order valence-electron chi connectivity index (χ1n) is 27.4. The van der Waals surface area contributed by atoms with Crippen molar-refractivity contribution in [2.45, 2.75) is 0 Å². The average Bonchev–Trinajstić information content (AvgIpc) is 4.33. The third kappa shape index (κ3) is 7.31. The van der Waals surface area contributed by atoms with Crippen LogP contribution in [0.5, 0.6) is 0 Å². The van der Waals surface area contributed by atoms with E-state index in [1.807, 2.05) is 6.07 Å². The van der Waals surface area contributed by atoms with Gasteiger partial charge in [0.15, 0.2) is 5.58 Å². The van der Waals surface area contributed by atoms with E-state index in [1.54, 1.807) is 0 Å². The third-order valence-corrected chi connectivity index (χ3v) is 16.3. The van der Waals surface area contributed by atoms with Crippen LogP contribution in [0.25, 0.3) is 132 Å². The predicted molar refractivity (Wildman–Crippen MR) is 336 cm³/mol. The number of fused-ring (bicyclic) bond motifs is 10. The molecule has 0 N–H and O–H groups in total. The summed E-state index contributed by atoms with van der Waals surface area (Å²) < 4.78 is 11.6. The van der Waals surface area contributed by atoms with E-state index < -0.39 is 0 Å². The lowest BCUT2D eigenvalue weighted by Crippen LogP contribution is -2.12. The number of furan rings is 1. The molecule has 0 fully saturated rings. The second-order valence-electron chi connectivity index (χ2n) is 20.8. The van der Waals surface area contributed by atoms with E-state index in [4.69, 9.17) is 4.42 Å². The number of benzene rings is 13. The Hall–Kier alpha value is -10.7. The zero-order valence-electron chi connectivity index (χ0n) is 43.5. The normalized spacial score (nSPS) is 11.8. The quantitative estimate of drug-likeness (QED) is 0.144. The zero-order valence-corrected chi connectivity index (χ0v) is 43.5. The first-order valence-corrected chi connectivity index (χ1v) is 27.4. The van der Waals surface area contributed by atoms with E-state index in [-0.39, 0.29) is 0 Å². The molecule has 4 heteroatoms. The molecule has 0 saturated carbocycles. The Kier molecular flexibility index (Phi) is 10.5. The van der Waals surface area contributed by atoms with Gasteiger partial charge in [-0.3, -0.25) is 0 Å². The molecule has 0 spiro atoms. The number of para-hydroxylation sites is 7. The molecule has 4 nitrogen and oxygen atoms in total. The summed E-state index contributed by atoms with van der Waals surface area (Å²) >= 11 is 0. The Morgan fingerprint density at radius 2 is 0.800 bits per heavy atom. The van der Waals surface area contributed by atoms with Crippen LogP contribution in [0.3, 0.4) is 0 Å². The minimum absolute atomic E-state index is 0.877. The highest BCUT2D eigenvalue weighted by molar-refractivity contribution is 6.19. The van der Waals surface area contributed by atoms with Crippen LogP contribution < -0.4 is 4.90 Å². The van der Waals surface area contributed by atoms with Crippen LogP contribution in [0.1, 0.15) is 0 Å². The lowest BCUT2D eigenvalue weighted by atomic mass is 9.93. The van der Waals surface area contributed by atoms with Crippen molar-refractivity contribution in [1.82, 2.24) is 9.13 Å². The lowest BCUT2D eigenvalue weighted by Gasteiger charge is -2.30. The van der Waals surface area contributed by atoms with E-state index in [0.29, 0.717) is 0 Å². The number of anilines is 3. The Labute approximate surface area is 462 Å². The average molecular weight is 1020 g/mol. The number of rotatable bonds is 9. The summed E-state index contributed by atoms with van der Waals surface area (Å²) in [6.07, 6.45) is 0. The molecule has 0 saturated heterocycles. The molecular formula is C76H49N3O. The highest BCUT2D eigenvalue weighted by Gasteiger charge is 2.26. The molecular weight excluding hydrogens is 971 g/mol. The molecule has 16 rings (SSSR count). The minimum Gasteiger partial charge on any atom is -0.454 e. The Bertz CT molecular complexity index is 5020. The summed E-state index contributed by atoms with van der Waals surface area (Å²) in [4.78, 5) is 2.48. The number of hydrogen-bond donors (Lipinski definition) is 0. The fraction of sp³-hybridized carbons (Fsp3) is 0. The highest BCUT2D eigenvalue weighted by atomic mass is 16.3. The molecule has 0 unspecified atom stereocenters. The van der Waals surface area contributed by atoms with Crippen molar-refractivity contribution in [3.05, 3.63) is 297 Å². The molecule has 0 aliphatic heterocycles. The van der Waals surface area contributed by atoms with E-state index in [0.717, 1.165) is 106 Å². The summed E-state index contributed by atoms with van der Waals surface area (Å²) in [6.45, 7) is 0. The maximum atomic E-state index is 6.78. The van der Waals surface area contributed by atoms with Gasteiger partial charge in [0, 0.05) is 55.2 Å². The minimum atomic E-state index is 0.877. The molecule has 0 radical (unpaired) electrons. The van der Waals surface area contributed by atoms with Gasteiger partial charge in [-0.25, -0.2) is 0 Å². The van der Waals surface area contributed by atoms with Crippen molar-refractivity contribution in [2.24, 2.45) is 0 Å². The zero-order chi connectivity index (χ0) is 52.7. The molecule has 0 atom stereocenters. The van der Waals surface area contributed by atoms with Crippen LogP contribution in [0.15, 0.2) is 302 Å². The van der Waals surface area contributed by atoms with Gasteiger partial charge in [0.25, 0.3) is 0 Å². The fourth-order valence-corrected chi connectivity index (χ4v) is 12.6. The van der Waals surface area contributed by atoms with Crippen molar-refractivity contribution in [3.8, 4) is 55.9 Å². The summed E-state index contributed by atoms with van der Waals surface area (Å²) in [5, 5.41) is 9.44. The van der Waals surface area contributed by atoms with Crippen LogP contribution in [0.2, 0.25) is 0 Å². The van der Waals surface area contributed by atoms with Crippen molar-refractivity contribution < 1.29 is 4.42 Å². The Balaban J connectivity index is 0.934. The molecule has 0 bridgehead atoms. The Morgan fingerprint density at radius 1 is 0.287 bits per heavy atom. The monoisotopic (exact) mass is 1020 g/mol. The molecule has 0 aliphatic carbocycles. The van der Waals surface area contributed by atoms with Gasteiger partial charge in [-0.2, -0.15) is 0 Å². The second-order valence-corrected chi connectivity index (χ2v) is 20.8. The highest BCUT2D eigenvalue weighted by Crippen LogP contribution is 2.49. The van der Waals surface area contributed by atoms with Crippen LogP contribution in [0.4, 0.5) is 17.1 Å². The van der Waals surface area contributed by atoms with Crippen molar-refractivity contribution in [1.29, 1.82) is 0 Å². The van der Waals surface area contributed by atoms with Crippen molar-refractivity contribution in [2.75, 3.05) is 4.90 Å². The van der Waals surface area contributed by atoms with Gasteiger partial charge in [-0.1, -0.05) is 206 Å². The van der Waals surface area contributed by atoms with Crippen molar-refractivity contribution >= 4 is 93.4 Å². The molecule has 0 amide bonds. The van der Waals surface area contributed by atoms with E-state index in [1.165, 1.54) is 43.4 Å². The first-order chi connectivity index (χ1) is 39.7. The smallest absolute Gasteiger partial charge is 0.161 e. The maximum Gasteiger partial charge on any atom is 0.161 e. The van der Waals surface area contributed by atoms with Gasteiger partial charge in [-0.15, -0.1) is 0 Å². The first kappa shape index (κ1) is 45.5. The van der Waals surface area contributed by atoms with Crippen LogP contribution in [-0.4, -0.2) is 9.13 Å². The molecule has 3 aromatic heterocycles. The maximum absolute atomic E-state index is 6.78. The molecule has 374 valence electrons. The molecule has 16 aromatic rings. The van der Waals surface area contributed by atoms with Gasteiger partial charge in [-0.05, 0) is 135 Å². The van der Waals surface area contributed by atoms with Gasteiger partial charge < -0.3 is 18.5 Å². The molecule has 0 aliphatic rings. The number of aromatic nitrogens is 2. The SMILES string of the molecule is c1ccc(-n2c3c(-c4ccc(N(c5ccc(-c6ccccc6-n6c7ccccc7c7ccccc76)cc5)c5ccccc5-c5ccc6ccccc6c5)c(-c5ccc6ccccc6c5)c4)cccc3c3oc4ccccc4c32)cc1. The predicted octanol–water partition coefficient (Wildman–Crippen LogP) is 21.1. The largest absolute Gasteiger partial charge is 0.454 e. The van der Waals surface area contributed by atoms with E-state index in [2.05, 4.69) is 305 Å². The topological polar surface area (TPSA) is 26.2 Å². The molecule has 13 aromatic carbocycles. The Morgan fingerprint density at radius 3 is 1.52 bits per heavy atom. The van der Waals surface area contributed by atoms with Gasteiger partial charge in [0.05, 0.1) is 33.6 Å². The molecule has 80 heavy (non-hydrogen) atoms. The summed E-state index contributed by atoms with van der Waals surface area (Å²) in [6, 6.07) is 108. The summed E-state index contributed by atoms with van der Waals surface area (Å²) in [7, 11) is 0. The van der Waals surface area contributed by atoms with Crippen LogP contribution in [0, 0.1) is 0 Å². The number of nitrogens with zero attached hydrogens (tertiary/aromatic N) is 3. The van der Waals surface area contributed by atoms with Gasteiger partial charge >= 0.3 is 0 Å². The third-order valence-electron chi connectivity index (χ3n) is 16.3. The van der Waals surface area contributed by atoms with E-state index >= 15 is 0 Å². The van der Waals surface area contributed by atoms with E-state index in [9.17, 15) is 0 Å². The second kappa shape index (κ2) is 18.5. The van der Waals surface area contributed by atoms with Crippen molar-refractivity contribution in [3.63, 3.8) is 0 Å². The lowest BCUT2D eigenvalue weighted by molar-refractivity contribution is 0.673. The standard InChI is InChI=1S/C76H49N3O/c1-2-23-58(24-3-1)78-74-62(30-18-31-66(74)76-75(78)65-29-12-17-36-73(65)80-76)57-43-46-72(67(49-57)56-40-38-51-20-5-7-22-54(51)48-56)77(68-32-13-9-26-61(68)55-39-37-50-19-4-6-21-53(50)47-55)59-44-41-52(42-45-59)60-25-8-14-33-69(60)79-70-34-15-10-27-63(70)64-28-11-16-35-71(64)79/h1-49H. The summed E-state index contributed by atoms with van der Waals surface area (Å²) in [5.74, 6) is 0. The fourth-order valence-electron chi connectivity index (χ4n) is 12.6. The van der Waals surface area contributed by atoms with Gasteiger partial charge in [0.1, 0.15) is 11.1 Å². The molecule has 3 heterocycles. The summed E-state index contributed by atoms with van der Waals surface area (Å²) in [5.41, 5.74) is 20.7. The van der Waals surface area contributed by atoms with Gasteiger partial charge in [0.2, 0.25) is 0 Å².